The Morgan fingerprint density at radius 2 is 1.59 bits per heavy atom. The Kier molecular flexibility index (Phi) is 6.96. The van der Waals surface area contributed by atoms with Gasteiger partial charge in [-0.25, -0.2) is 18.2 Å². The van der Waals surface area contributed by atoms with Crippen LogP contribution in [0.1, 0.15) is 33.2 Å². The van der Waals surface area contributed by atoms with Gasteiger partial charge in [-0.2, -0.15) is 0 Å². The molecule has 0 unspecified atom stereocenters. The first-order chi connectivity index (χ1) is 18.6. The number of sulfonamides is 1. The van der Waals surface area contributed by atoms with Crippen molar-refractivity contribution in [2.75, 3.05) is 40.7 Å². The minimum absolute atomic E-state index is 0.0267. The fourth-order valence-electron chi connectivity index (χ4n) is 4.71. The molecular formula is C29H28N4O5S. The lowest BCUT2D eigenvalue weighted by Crippen LogP contribution is -2.46. The maximum absolute atomic E-state index is 12.9. The second kappa shape index (κ2) is 10.4. The van der Waals surface area contributed by atoms with Crippen LogP contribution in [0.4, 0.5) is 17.2 Å². The summed E-state index contributed by atoms with van der Waals surface area (Å²) in [5.41, 5.74) is 3.28. The number of carbonyl (C=O) groups is 2. The molecule has 10 heteroatoms. The van der Waals surface area contributed by atoms with Crippen molar-refractivity contribution in [2.45, 2.75) is 18.7 Å². The van der Waals surface area contributed by atoms with E-state index in [0.717, 1.165) is 11.3 Å². The number of aromatic nitrogens is 1. The van der Waals surface area contributed by atoms with E-state index in [1.54, 1.807) is 37.3 Å². The summed E-state index contributed by atoms with van der Waals surface area (Å²) in [6.07, 6.45) is 0. The van der Waals surface area contributed by atoms with Crippen molar-refractivity contribution < 1.29 is 23.1 Å². The lowest BCUT2D eigenvalue weighted by molar-refractivity contribution is 0.0698. The van der Waals surface area contributed by atoms with E-state index in [1.807, 2.05) is 42.2 Å². The van der Waals surface area contributed by atoms with Gasteiger partial charge in [-0.15, -0.1) is 0 Å². The molecule has 1 aromatic heterocycles. The largest absolute Gasteiger partial charge is 0.478 e. The monoisotopic (exact) mass is 544 g/mol. The van der Waals surface area contributed by atoms with Crippen LogP contribution in [0, 0.1) is 6.92 Å². The van der Waals surface area contributed by atoms with E-state index in [9.17, 15) is 23.1 Å². The van der Waals surface area contributed by atoms with Crippen molar-refractivity contribution in [1.82, 2.24) is 4.98 Å². The number of carbonyl (C=O) groups excluding carboxylic acids is 1. The van der Waals surface area contributed by atoms with Gasteiger partial charge in [0.1, 0.15) is 5.82 Å². The molecule has 0 bridgehead atoms. The van der Waals surface area contributed by atoms with Gasteiger partial charge in [-0.3, -0.25) is 9.52 Å². The number of carboxylic acid groups (broad SMARTS) is 1. The van der Waals surface area contributed by atoms with Crippen LogP contribution in [0.3, 0.4) is 0 Å². The summed E-state index contributed by atoms with van der Waals surface area (Å²) >= 11 is 0. The standard InChI is InChI=1S/C29H28N4O5S/c1-19-4-3-5-24(16-19)39(37,38)31-22-8-11-27-25(17-22)26(29(35)36)18-28(30-27)33-14-12-32(13-15-33)23-9-6-21(7-10-23)20(2)34/h3-11,16-18,31H,12-15H2,1-2H3,(H,35,36). The average Bonchev–Trinajstić information content (AvgIpc) is 2.92. The number of ketones is 1. The summed E-state index contributed by atoms with van der Waals surface area (Å²) in [7, 11) is -3.85. The number of hydrogen-bond donors (Lipinski definition) is 2. The van der Waals surface area contributed by atoms with Crippen molar-refractivity contribution in [1.29, 1.82) is 0 Å². The zero-order valence-corrected chi connectivity index (χ0v) is 22.4. The van der Waals surface area contributed by atoms with Crippen LogP contribution in [0.5, 0.6) is 0 Å². The fourth-order valence-corrected chi connectivity index (χ4v) is 5.87. The Balaban J connectivity index is 1.37. The first-order valence-corrected chi connectivity index (χ1v) is 14.0. The number of aryl methyl sites for hydroxylation is 1. The summed E-state index contributed by atoms with van der Waals surface area (Å²) in [4.78, 5) is 32.8. The smallest absolute Gasteiger partial charge is 0.336 e. The van der Waals surface area contributed by atoms with Gasteiger partial charge in [0.25, 0.3) is 10.0 Å². The summed E-state index contributed by atoms with van der Waals surface area (Å²) in [5.74, 6) is -0.537. The molecule has 3 aromatic carbocycles. The van der Waals surface area contributed by atoms with Gasteiger partial charge in [0.05, 0.1) is 16.0 Å². The van der Waals surface area contributed by atoms with E-state index in [-0.39, 0.29) is 21.9 Å². The zero-order valence-electron chi connectivity index (χ0n) is 21.6. The molecule has 0 aliphatic carbocycles. The Morgan fingerprint density at radius 3 is 2.23 bits per heavy atom. The van der Waals surface area contributed by atoms with Crippen LogP contribution < -0.4 is 14.5 Å². The lowest BCUT2D eigenvalue weighted by Gasteiger charge is -2.37. The van der Waals surface area contributed by atoms with E-state index in [0.29, 0.717) is 48.5 Å². The highest BCUT2D eigenvalue weighted by Gasteiger charge is 2.22. The van der Waals surface area contributed by atoms with Crippen LogP contribution in [0.25, 0.3) is 10.9 Å². The predicted octanol–water partition coefficient (Wildman–Crippen LogP) is 4.57. The van der Waals surface area contributed by atoms with Gasteiger partial charge in [0.15, 0.2) is 5.78 Å². The van der Waals surface area contributed by atoms with Crippen molar-refractivity contribution in [3.8, 4) is 0 Å². The second-order valence-corrected chi connectivity index (χ2v) is 11.2. The van der Waals surface area contributed by atoms with E-state index in [4.69, 9.17) is 4.98 Å². The van der Waals surface area contributed by atoms with Crippen molar-refractivity contribution in [2.24, 2.45) is 0 Å². The van der Waals surface area contributed by atoms with Gasteiger partial charge in [0.2, 0.25) is 0 Å². The molecule has 5 rings (SSSR count). The number of piperazine rings is 1. The molecule has 4 aromatic rings. The maximum atomic E-state index is 12.9. The highest BCUT2D eigenvalue weighted by molar-refractivity contribution is 7.92. The van der Waals surface area contributed by atoms with E-state index in [2.05, 4.69) is 9.62 Å². The number of nitrogens with one attached hydrogen (secondary N) is 1. The lowest BCUT2D eigenvalue weighted by atomic mass is 10.1. The van der Waals surface area contributed by atoms with Crippen LogP contribution in [0.2, 0.25) is 0 Å². The Hall–Kier alpha value is -4.44. The van der Waals surface area contributed by atoms with Crippen molar-refractivity contribution >= 4 is 49.9 Å². The summed E-state index contributed by atoms with van der Waals surface area (Å²) < 4.78 is 28.3. The molecule has 2 heterocycles. The van der Waals surface area contributed by atoms with Gasteiger partial charge < -0.3 is 14.9 Å². The third-order valence-corrected chi connectivity index (χ3v) is 8.20. The molecule has 200 valence electrons. The molecule has 1 fully saturated rings. The van der Waals surface area contributed by atoms with E-state index < -0.39 is 16.0 Å². The van der Waals surface area contributed by atoms with Crippen LogP contribution in [-0.2, 0) is 10.0 Å². The molecule has 0 atom stereocenters. The van der Waals surface area contributed by atoms with Crippen LogP contribution >= 0.6 is 0 Å². The van der Waals surface area contributed by atoms with E-state index in [1.165, 1.54) is 12.1 Å². The Morgan fingerprint density at radius 1 is 0.897 bits per heavy atom. The summed E-state index contributed by atoms with van der Waals surface area (Å²) in [6, 6.07) is 20.3. The number of anilines is 3. The SMILES string of the molecule is CC(=O)c1ccc(N2CCN(c3cc(C(=O)O)c4cc(NS(=O)(=O)c5cccc(C)c5)ccc4n3)CC2)cc1. The normalized spacial score (nSPS) is 13.9. The predicted molar refractivity (Wildman–Crippen MR) is 152 cm³/mol. The third kappa shape index (κ3) is 5.56. The van der Waals surface area contributed by atoms with Gasteiger partial charge in [-0.05, 0) is 80.1 Å². The number of pyridine rings is 1. The summed E-state index contributed by atoms with van der Waals surface area (Å²) in [5, 5.41) is 10.3. The number of fused-ring (bicyclic) bond motifs is 1. The van der Waals surface area contributed by atoms with Crippen LogP contribution in [-0.4, -0.2) is 56.4 Å². The Bertz CT molecular complexity index is 1680. The zero-order chi connectivity index (χ0) is 27.7. The first-order valence-electron chi connectivity index (χ1n) is 12.5. The minimum Gasteiger partial charge on any atom is -0.478 e. The van der Waals surface area contributed by atoms with Gasteiger partial charge in [0, 0.05) is 48.5 Å². The molecule has 1 aliphatic heterocycles. The first kappa shape index (κ1) is 26.2. The molecule has 0 radical (unpaired) electrons. The van der Waals surface area contributed by atoms with Gasteiger partial charge >= 0.3 is 5.97 Å². The van der Waals surface area contributed by atoms with Gasteiger partial charge in [-0.1, -0.05) is 12.1 Å². The maximum Gasteiger partial charge on any atom is 0.336 e. The number of benzene rings is 3. The van der Waals surface area contributed by atoms with Crippen molar-refractivity contribution in [3.63, 3.8) is 0 Å². The fraction of sp³-hybridized carbons (Fsp3) is 0.207. The molecule has 1 aliphatic rings. The molecule has 2 N–H and O–H groups in total. The van der Waals surface area contributed by atoms with E-state index >= 15 is 0 Å². The highest BCUT2D eigenvalue weighted by Crippen LogP contribution is 2.28. The third-order valence-electron chi connectivity index (χ3n) is 6.82. The number of aromatic carboxylic acids is 1. The summed E-state index contributed by atoms with van der Waals surface area (Å²) in [6.45, 7) is 6.05. The molecule has 0 spiro atoms. The van der Waals surface area contributed by atoms with Crippen LogP contribution in [0.15, 0.2) is 77.7 Å². The number of nitrogens with zero attached hydrogens (tertiary/aromatic N) is 3. The molecule has 0 amide bonds. The minimum atomic E-state index is -3.85. The number of carboxylic acids is 1. The number of hydrogen-bond acceptors (Lipinski definition) is 7. The second-order valence-electron chi connectivity index (χ2n) is 9.56. The molecule has 0 saturated carbocycles. The Labute approximate surface area is 226 Å². The number of rotatable bonds is 7. The molecule has 39 heavy (non-hydrogen) atoms. The highest BCUT2D eigenvalue weighted by atomic mass is 32.2. The molecule has 9 nitrogen and oxygen atoms in total. The molecular weight excluding hydrogens is 516 g/mol. The topological polar surface area (TPSA) is 120 Å². The van der Waals surface area contributed by atoms with Crippen molar-refractivity contribution in [3.05, 3.63) is 89.5 Å². The quantitative estimate of drug-likeness (QED) is 0.325. The number of Topliss-reactive ketones (excluding diaryl/α,β-unsaturated/α-hetero) is 1. The average molecular weight is 545 g/mol. The molecule has 1 saturated heterocycles.